The smallest absolute Gasteiger partial charge is 0.318 e. The highest BCUT2D eigenvalue weighted by Crippen LogP contribution is 2.17. The summed E-state index contributed by atoms with van der Waals surface area (Å²) in [4.78, 5) is 27.8. The molecule has 1 saturated heterocycles. The van der Waals surface area contributed by atoms with Gasteiger partial charge < -0.3 is 25.3 Å². The van der Waals surface area contributed by atoms with Gasteiger partial charge in [-0.2, -0.15) is 0 Å². The minimum Gasteiger partial charge on any atom is -0.391 e. The van der Waals surface area contributed by atoms with Gasteiger partial charge in [0.25, 0.3) is 0 Å². The van der Waals surface area contributed by atoms with Crippen LogP contribution >= 0.6 is 0 Å². The van der Waals surface area contributed by atoms with Crippen LogP contribution in [0.25, 0.3) is 0 Å². The van der Waals surface area contributed by atoms with Gasteiger partial charge in [-0.05, 0) is 43.3 Å². The number of aliphatic hydroxyl groups excluding tert-OH is 2. The summed E-state index contributed by atoms with van der Waals surface area (Å²) >= 11 is 0. The zero-order chi connectivity index (χ0) is 23.1. The summed E-state index contributed by atoms with van der Waals surface area (Å²) in [5.74, 6) is 4.81. The fourth-order valence-electron chi connectivity index (χ4n) is 3.42. The van der Waals surface area contributed by atoms with E-state index in [0.29, 0.717) is 31.7 Å². The molecular weight excluding hydrogens is 413 g/mol. The predicted molar refractivity (Wildman–Crippen MR) is 119 cm³/mol. The number of urea groups is 1. The average molecular weight is 439 g/mol. The Balaban J connectivity index is 1.56. The van der Waals surface area contributed by atoms with Crippen LogP contribution in [0.3, 0.4) is 0 Å². The largest absolute Gasteiger partial charge is 0.391 e. The van der Waals surface area contributed by atoms with Crippen molar-refractivity contribution in [1.82, 2.24) is 10.2 Å². The predicted octanol–water partition coefficient (Wildman–Crippen LogP) is 1.37. The molecule has 0 bridgehead atoms. The van der Waals surface area contributed by atoms with Gasteiger partial charge in [-0.15, -0.1) is 0 Å². The molecule has 0 aliphatic carbocycles. The molecule has 1 fully saturated rings. The quantitative estimate of drug-likeness (QED) is 0.612. The van der Waals surface area contributed by atoms with Gasteiger partial charge in [-0.25, -0.2) is 9.18 Å². The third-order valence-electron chi connectivity index (χ3n) is 5.28. The Bertz CT molecular complexity index is 1010. The second kappa shape index (κ2) is 10.8. The highest BCUT2D eigenvalue weighted by Gasteiger charge is 2.28. The Labute approximate surface area is 186 Å². The number of nitrogens with zero attached hydrogens (tertiary/aromatic N) is 2. The highest BCUT2D eigenvalue weighted by atomic mass is 19.1. The van der Waals surface area contributed by atoms with Crippen molar-refractivity contribution in [3.05, 3.63) is 65.5 Å². The van der Waals surface area contributed by atoms with Gasteiger partial charge in [-0.1, -0.05) is 24.0 Å². The van der Waals surface area contributed by atoms with Crippen molar-refractivity contribution in [2.75, 3.05) is 37.7 Å². The first-order valence-corrected chi connectivity index (χ1v) is 10.4. The van der Waals surface area contributed by atoms with Crippen molar-refractivity contribution in [2.24, 2.45) is 0 Å². The van der Waals surface area contributed by atoms with Gasteiger partial charge in [0.1, 0.15) is 18.5 Å². The maximum Gasteiger partial charge on any atom is 0.318 e. The van der Waals surface area contributed by atoms with Gasteiger partial charge >= 0.3 is 6.03 Å². The molecule has 0 aromatic heterocycles. The Hall–Kier alpha value is -3.41. The standard InChI is InChI=1S/C24H26FN3O4/c1-17(30)23(22(31)16-29)26-24(32)28-14-12-27(13-15-28)20-10-7-18(8-11-20)6-9-19-4-2-3-5-21(19)25/h2-5,7-8,10-11,17,23,29-30H,12-16H2,1H3,(H,26,32)/t17-,23+/m0/s1. The molecule has 1 heterocycles. The van der Waals surface area contributed by atoms with Crippen molar-refractivity contribution < 1.29 is 24.2 Å². The number of halogens is 1. The summed E-state index contributed by atoms with van der Waals surface area (Å²) in [6.07, 6.45) is -1.10. The SMILES string of the molecule is C[C@H](O)[C@@H](NC(=O)N1CCN(c2ccc(C#Cc3ccccc3F)cc2)CC1)C(=O)CO. The molecule has 1 aliphatic rings. The molecule has 32 heavy (non-hydrogen) atoms. The number of hydrogen-bond acceptors (Lipinski definition) is 5. The molecule has 3 N–H and O–H groups in total. The van der Waals surface area contributed by atoms with Gasteiger partial charge in [0.05, 0.1) is 11.7 Å². The zero-order valence-corrected chi connectivity index (χ0v) is 17.8. The first kappa shape index (κ1) is 23.3. The van der Waals surface area contributed by atoms with E-state index in [2.05, 4.69) is 22.1 Å². The third kappa shape index (κ3) is 5.84. The highest BCUT2D eigenvalue weighted by molar-refractivity contribution is 5.89. The van der Waals surface area contributed by atoms with Gasteiger partial charge in [-0.3, -0.25) is 4.79 Å². The molecular formula is C24H26FN3O4. The van der Waals surface area contributed by atoms with E-state index in [0.717, 1.165) is 11.3 Å². The number of Topliss-reactive ketones (excluding diaryl/α,β-unsaturated/α-hetero) is 1. The molecule has 3 rings (SSSR count). The number of nitrogens with one attached hydrogen (secondary N) is 1. The number of aliphatic hydroxyl groups is 2. The van der Waals surface area contributed by atoms with Crippen LogP contribution in [0.4, 0.5) is 14.9 Å². The molecule has 168 valence electrons. The lowest BCUT2D eigenvalue weighted by Gasteiger charge is -2.36. The number of amides is 2. The first-order valence-electron chi connectivity index (χ1n) is 10.4. The number of ketones is 1. The molecule has 8 heteroatoms. The molecule has 2 aromatic carbocycles. The lowest BCUT2D eigenvalue weighted by Crippen LogP contribution is -2.57. The van der Waals surface area contributed by atoms with E-state index in [4.69, 9.17) is 5.11 Å². The minimum absolute atomic E-state index is 0.348. The Morgan fingerprint density at radius 2 is 1.72 bits per heavy atom. The second-order valence-corrected chi connectivity index (χ2v) is 7.54. The number of carbonyl (C=O) groups is 2. The fourth-order valence-corrected chi connectivity index (χ4v) is 3.42. The number of benzene rings is 2. The summed E-state index contributed by atoms with van der Waals surface area (Å²) in [7, 11) is 0. The van der Waals surface area contributed by atoms with Crippen molar-refractivity contribution in [2.45, 2.75) is 19.1 Å². The Morgan fingerprint density at radius 3 is 2.31 bits per heavy atom. The summed E-state index contributed by atoms with van der Waals surface area (Å²) < 4.78 is 13.7. The number of hydrogen-bond donors (Lipinski definition) is 3. The molecule has 0 unspecified atom stereocenters. The molecule has 0 saturated carbocycles. The fraction of sp³-hybridized carbons (Fsp3) is 0.333. The molecule has 0 radical (unpaired) electrons. The maximum absolute atomic E-state index is 13.7. The van der Waals surface area contributed by atoms with E-state index >= 15 is 0 Å². The normalized spacial score (nSPS) is 15.4. The van der Waals surface area contributed by atoms with Crippen molar-refractivity contribution in [1.29, 1.82) is 0 Å². The molecule has 2 amide bonds. The molecule has 7 nitrogen and oxygen atoms in total. The van der Waals surface area contributed by atoms with Crippen LogP contribution in [0.2, 0.25) is 0 Å². The number of anilines is 1. The van der Waals surface area contributed by atoms with E-state index in [1.165, 1.54) is 13.0 Å². The van der Waals surface area contributed by atoms with Crippen LogP contribution in [-0.2, 0) is 4.79 Å². The second-order valence-electron chi connectivity index (χ2n) is 7.54. The average Bonchev–Trinajstić information content (AvgIpc) is 2.81. The summed E-state index contributed by atoms with van der Waals surface area (Å²) in [5.41, 5.74) is 2.11. The van der Waals surface area contributed by atoms with Crippen molar-refractivity contribution >= 4 is 17.5 Å². The van der Waals surface area contributed by atoms with E-state index in [1.807, 2.05) is 24.3 Å². The summed E-state index contributed by atoms with van der Waals surface area (Å²) in [5, 5.41) is 21.2. The first-order chi connectivity index (χ1) is 15.4. The van der Waals surface area contributed by atoms with Gasteiger partial charge in [0.15, 0.2) is 5.78 Å². The van der Waals surface area contributed by atoms with Crippen molar-refractivity contribution in [3.8, 4) is 11.8 Å². The maximum atomic E-state index is 13.7. The minimum atomic E-state index is -1.14. The van der Waals surface area contributed by atoms with E-state index in [1.54, 1.807) is 23.1 Å². The van der Waals surface area contributed by atoms with Crippen LogP contribution in [-0.4, -0.2) is 71.9 Å². The van der Waals surface area contributed by atoms with E-state index in [9.17, 15) is 19.1 Å². The topological polar surface area (TPSA) is 93.1 Å². The van der Waals surface area contributed by atoms with Crippen LogP contribution in [0, 0.1) is 17.7 Å². The summed E-state index contributed by atoms with van der Waals surface area (Å²) in [6.45, 7) is 2.73. The zero-order valence-electron chi connectivity index (χ0n) is 17.8. The van der Waals surface area contributed by atoms with Crippen LogP contribution in [0.15, 0.2) is 48.5 Å². The molecule has 2 aromatic rings. The molecule has 1 aliphatic heterocycles. The van der Waals surface area contributed by atoms with E-state index in [-0.39, 0.29) is 5.82 Å². The van der Waals surface area contributed by atoms with Gasteiger partial charge in [0.2, 0.25) is 0 Å². The Kier molecular flexibility index (Phi) is 7.82. The van der Waals surface area contributed by atoms with Gasteiger partial charge in [0, 0.05) is 37.4 Å². The van der Waals surface area contributed by atoms with Crippen LogP contribution in [0.1, 0.15) is 18.1 Å². The van der Waals surface area contributed by atoms with Crippen LogP contribution < -0.4 is 10.2 Å². The lowest BCUT2D eigenvalue weighted by molar-refractivity contribution is -0.125. The van der Waals surface area contributed by atoms with Crippen LogP contribution in [0.5, 0.6) is 0 Å². The lowest BCUT2D eigenvalue weighted by atomic mass is 10.1. The number of carbonyl (C=O) groups excluding carboxylic acids is 2. The monoisotopic (exact) mass is 439 g/mol. The third-order valence-corrected chi connectivity index (χ3v) is 5.28. The molecule has 0 spiro atoms. The number of piperazine rings is 1. The summed E-state index contributed by atoms with van der Waals surface area (Å²) in [6, 6.07) is 12.4. The van der Waals surface area contributed by atoms with E-state index < -0.39 is 30.6 Å². The molecule has 2 atom stereocenters. The van der Waals surface area contributed by atoms with Crippen molar-refractivity contribution in [3.63, 3.8) is 0 Å². The number of rotatable bonds is 5. The Morgan fingerprint density at radius 1 is 1.06 bits per heavy atom.